The molecule has 0 spiro atoms. The van der Waals surface area contributed by atoms with E-state index < -0.39 is 5.60 Å². The molecule has 2 unspecified atom stereocenters. The smallest absolute Gasteiger partial charge is 0.191 e. The lowest BCUT2D eigenvalue weighted by molar-refractivity contribution is -0.0161. The second-order valence-corrected chi connectivity index (χ2v) is 6.63. The summed E-state index contributed by atoms with van der Waals surface area (Å²) in [7, 11) is 3.82. The Bertz CT molecular complexity index is 476. The summed E-state index contributed by atoms with van der Waals surface area (Å²) in [5.74, 6) is 0.673. The zero-order valence-corrected chi connectivity index (χ0v) is 14.3. The Balaban J connectivity index is 1.78. The van der Waals surface area contributed by atoms with Crippen molar-refractivity contribution in [3.63, 3.8) is 0 Å². The van der Waals surface area contributed by atoms with Gasteiger partial charge in [-0.05, 0) is 36.4 Å². The van der Waals surface area contributed by atoms with Gasteiger partial charge < -0.3 is 25.4 Å². The number of hydrogen-bond acceptors (Lipinski definition) is 5. The van der Waals surface area contributed by atoms with Gasteiger partial charge in [0, 0.05) is 26.7 Å². The Labute approximate surface area is 136 Å². The highest BCUT2D eigenvalue weighted by Gasteiger charge is 2.24. The summed E-state index contributed by atoms with van der Waals surface area (Å²) < 4.78 is 5.71. The Hall–Kier alpha value is -1.15. The molecule has 2 rings (SSSR count). The van der Waals surface area contributed by atoms with E-state index in [1.165, 1.54) is 0 Å². The quantitative estimate of drug-likeness (QED) is 0.541. The summed E-state index contributed by atoms with van der Waals surface area (Å²) in [6, 6.07) is 1.94. The third-order valence-electron chi connectivity index (χ3n) is 3.81. The largest absolute Gasteiger partial charge is 0.384 e. The van der Waals surface area contributed by atoms with Crippen LogP contribution in [0.15, 0.2) is 21.8 Å². The van der Waals surface area contributed by atoms with Crippen LogP contribution in [0.5, 0.6) is 0 Å². The minimum Gasteiger partial charge on any atom is -0.384 e. The van der Waals surface area contributed by atoms with Gasteiger partial charge in [-0.3, -0.25) is 4.99 Å². The van der Waals surface area contributed by atoms with Crippen molar-refractivity contribution in [3.8, 4) is 0 Å². The Morgan fingerprint density at radius 2 is 2.41 bits per heavy atom. The Morgan fingerprint density at radius 3 is 3.05 bits per heavy atom. The van der Waals surface area contributed by atoms with Gasteiger partial charge in [0.2, 0.25) is 0 Å². The predicted octanol–water partition coefficient (Wildman–Crippen LogP) is 0.451. The summed E-state index contributed by atoms with van der Waals surface area (Å²) in [5.41, 5.74) is -0.00295. The highest BCUT2D eigenvalue weighted by atomic mass is 32.1. The van der Waals surface area contributed by atoms with Crippen molar-refractivity contribution in [2.75, 3.05) is 46.9 Å². The molecule has 0 bridgehead atoms. The van der Waals surface area contributed by atoms with E-state index >= 15 is 0 Å². The molecule has 0 saturated carbocycles. The highest BCUT2D eigenvalue weighted by molar-refractivity contribution is 7.08. The molecule has 0 aliphatic carbocycles. The number of rotatable bonds is 5. The lowest BCUT2D eigenvalue weighted by Crippen LogP contribution is -2.50. The fourth-order valence-electron chi connectivity index (χ4n) is 2.35. The number of aliphatic imine (C=N–C) groups is 1. The maximum atomic E-state index is 10.5. The van der Waals surface area contributed by atoms with Crippen molar-refractivity contribution in [2.45, 2.75) is 18.6 Å². The zero-order chi connectivity index (χ0) is 16.0. The average molecular weight is 326 g/mol. The van der Waals surface area contributed by atoms with E-state index in [0.717, 1.165) is 25.3 Å². The van der Waals surface area contributed by atoms with Gasteiger partial charge in [-0.2, -0.15) is 11.3 Å². The summed E-state index contributed by atoms with van der Waals surface area (Å²) in [5, 5.41) is 20.9. The number of hydrogen-bond donors (Lipinski definition) is 3. The van der Waals surface area contributed by atoms with E-state index in [4.69, 9.17) is 4.74 Å². The van der Waals surface area contributed by atoms with E-state index in [-0.39, 0.29) is 6.10 Å². The molecule has 1 aliphatic rings. The van der Waals surface area contributed by atoms with Crippen LogP contribution in [0.25, 0.3) is 0 Å². The van der Waals surface area contributed by atoms with Crippen LogP contribution in [0.3, 0.4) is 0 Å². The lowest BCUT2D eigenvalue weighted by Gasteiger charge is -2.30. The second-order valence-electron chi connectivity index (χ2n) is 5.85. The van der Waals surface area contributed by atoms with Gasteiger partial charge in [0.1, 0.15) is 5.60 Å². The lowest BCUT2D eigenvalue weighted by atomic mass is 9.99. The van der Waals surface area contributed by atoms with Gasteiger partial charge in [0.05, 0.1) is 19.3 Å². The average Bonchev–Trinajstić information content (AvgIpc) is 3.02. The van der Waals surface area contributed by atoms with E-state index in [0.29, 0.717) is 19.0 Å². The molecular formula is C15H26N4O2S. The molecule has 0 aromatic carbocycles. The van der Waals surface area contributed by atoms with Gasteiger partial charge in [0.15, 0.2) is 5.96 Å². The molecule has 1 aliphatic heterocycles. The summed E-state index contributed by atoms with van der Waals surface area (Å²) in [4.78, 5) is 6.45. The summed E-state index contributed by atoms with van der Waals surface area (Å²) in [6.07, 6.45) is 0.162. The molecule has 22 heavy (non-hydrogen) atoms. The molecule has 1 aromatic rings. The molecule has 0 radical (unpaired) electrons. The Morgan fingerprint density at radius 1 is 1.59 bits per heavy atom. The minimum absolute atomic E-state index is 0.162. The van der Waals surface area contributed by atoms with Gasteiger partial charge in [-0.15, -0.1) is 0 Å². The molecular weight excluding hydrogens is 300 g/mol. The molecule has 2 atom stereocenters. The van der Waals surface area contributed by atoms with Crippen LogP contribution in [-0.4, -0.2) is 69.0 Å². The standard InChI is InChI=1S/C15H26N4O2S/c1-15(20,12-4-7-22-10-12)11-18-14(16-2)17-8-13-9-19(3)5-6-21-13/h4,7,10,13,20H,5-6,8-9,11H2,1-3H3,(H2,16,17,18). The fourth-order valence-corrected chi connectivity index (χ4v) is 3.13. The van der Waals surface area contributed by atoms with Gasteiger partial charge in [0.25, 0.3) is 0 Å². The fraction of sp³-hybridized carbons (Fsp3) is 0.667. The molecule has 3 N–H and O–H groups in total. The molecule has 1 aromatic heterocycles. The van der Waals surface area contributed by atoms with Gasteiger partial charge in [-0.1, -0.05) is 0 Å². The van der Waals surface area contributed by atoms with Crippen molar-refractivity contribution >= 4 is 17.3 Å². The zero-order valence-electron chi connectivity index (χ0n) is 13.5. The number of nitrogens with one attached hydrogen (secondary N) is 2. The maximum Gasteiger partial charge on any atom is 0.191 e. The van der Waals surface area contributed by atoms with E-state index in [9.17, 15) is 5.11 Å². The van der Waals surface area contributed by atoms with Crippen LogP contribution in [-0.2, 0) is 10.3 Å². The van der Waals surface area contributed by atoms with Crippen LogP contribution < -0.4 is 10.6 Å². The van der Waals surface area contributed by atoms with Crippen molar-refractivity contribution in [1.82, 2.24) is 15.5 Å². The third-order valence-corrected chi connectivity index (χ3v) is 4.49. The van der Waals surface area contributed by atoms with Crippen LogP contribution in [0.4, 0.5) is 0 Å². The van der Waals surface area contributed by atoms with Crippen LogP contribution in [0, 0.1) is 0 Å². The van der Waals surface area contributed by atoms with Gasteiger partial charge in [-0.25, -0.2) is 0 Å². The number of nitrogens with zero attached hydrogens (tertiary/aromatic N) is 2. The highest BCUT2D eigenvalue weighted by Crippen LogP contribution is 2.21. The van der Waals surface area contributed by atoms with Crippen molar-refractivity contribution in [3.05, 3.63) is 22.4 Å². The first-order valence-electron chi connectivity index (χ1n) is 7.51. The van der Waals surface area contributed by atoms with Crippen molar-refractivity contribution in [2.24, 2.45) is 4.99 Å². The second kappa shape index (κ2) is 7.92. The number of morpholine rings is 1. The molecule has 124 valence electrons. The maximum absolute atomic E-state index is 10.5. The number of likely N-dealkylation sites (N-methyl/N-ethyl adjacent to an activating group) is 1. The topological polar surface area (TPSA) is 69.1 Å². The van der Waals surface area contributed by atoms with Gasteiger partial charge >= 0.3 is 0 Å². The third kappa shape index (κ3) is 4.95. The molecule has 7 heteroatoms. The SMILES string of the molecule is CN=C(NCC1CN(C)CCO1)NCC(C)(O)c1ccsc1. The first kappa shape index (κ1) is 17.2. The van der Waals surface area contributed by atoms with Crippen LogP contribution >= 0.6 is 11.3 Å². The molecule has 6 nitrogen and oxygen atoms in total. The van der Waals surface area contributed by atoms with Crippen molar-refractivity contribution < 1.29 is 9.84 Å². The summed E-state index contributed by atoms with van der Waals surface area (Å²) in [6.45, 7) is 5.55. The monoisotopic (exact) mass is 326 g/mol. The van der Waals surface area contributed by atoms with E-state index in [1.54, 1.807) is 25.3 Å². The normalized spacial score (nSPS) is 23.1. The van der Waals surface area contributed by atoms with Crippen LogP contribution in [0.1, 0.15) is 12.5 Å². The molecule has 1 saturated heterocycles. The summed E-state index contributed by atoms with van der Waals surface area (Å²) >= 11 is 1.58. The number of thiophene rings is 1. The predicted molar refractivity (Wildman–Crippen MR) is 90.5 cm³/mol. The number of ether oxygens (including phenoxy) is 1. The first-order valence-corrected chi connectivity index (χ1v) is 8.45. The van der Waals surface area contributed by atoms with Crippen LogP contribution in [0.2, 0.25) is 0 Å². The minimum atomic E-state index is -0.917. The Kier molecular flexibility index (Phi) is 6.19. The van der Waals surface area contributed by atoms with Crippen molar-refractivity contribution in [1.29, 1.82) is 0 Å². The molecule has 1 fully saturated rings. The number of guanidine groups is 1. The molecule has 2 heterocycles. The first-order chi connectivity index (χ1) is 10.5. The van der Waals surface area contributed by atoms with E-state index in [1.807, 2.05) is 16.8 Å². The molecule has 0 amide bonds. The number of aliphatic hydroxyl groups is 1. The van der Waals surface area contributed by atoms with E-state index in [2.05, 4.69) is 27.6 Å².